The Balaban J connectivity index is 1.84. The fourth-order valence-electron chi connectivity index (χ4n) is 1.74. The van der Waals surface area contributed by atoms with Crippen LogP contribution in [0.4, 0.5) is 0 Å². The number of para-hydroxylation sites is 1. The Bertz CT molecular complexity index is 350. The van der Waals surface area contributed by atoms with Crippen LogP contribution in [0.1, 0.15) is 37.8 Å². The molecule has 3 heteroatoms. The van der Waals surface area contributed by atoms with Gasteiger partial charge in [0.15, 0.2) is 6.79 Å². The molecule has 1 aliphatic rings. The van der Waals surface area contributed by atoms with Crippen molar-refractivity contribution in [3.8, 4) is 5.75 Å². The highest BCUT2D eigenvalue weighted by atomic mass is 16.7. The van der Waals surface area contributed by atoms with Crippen LogP contribution in [0.5, 0.6) is 5.75 Å². The molecule has 0 unspecified atom stereocenters. The van der Waals surface area contributed by atoms with Crippen molar-refractivity contribution in [2.45, 2.75) is 32.2 Å². The fraction of sp³-hybridized carbons (Fsp3) is 0.571. The van der Waals surface area contributed by atoms with E-state index in [0.29, 0.717) is 6.79 Å². The second-order valence-corrected chi connectivity index (χ2v) is 4.63. The van der Waals surface area contributed by atoms with Crippen LogP contribution in [-0.4, -0.2) is 13.4 Å². The Kier molecular flexibility index (Phi) is 4.40. The lowest BCUT2D eigenvalue weighted by molar-refractivity contribution is 0.00928. The van der Waals surface area contributed by atoms with Gasteiger partial charge in [0.25, 0.3) is 0 Å². The lowest BCUT2D eigenvalue weighted by Gasteiger charge is -2.15. The van der Waals surface area contributed by atoms with Crippen LogP contribution in [0.25, 0.3) is 0 Å². The number of nitrogens with two attached hydrogens (primary N) is 1. The number of hydrogen-bond acceptors (Lipinski definition) is 3. The first-order valence-corrected chi connectivity index (χ1v) is 6.36. The molecule has 0 saturated heterocycles. The van der Waals surface area contributed by atoms with Crippen LogP contribution in [0, 0.1) is 5.92 Å². The van der Waals surface area contributed by atoms with Gasteiger partial charge < -0.3 is 15.2 Å². The fourth-order valence-corrected chi connectivity index (χ4v) is 1.74. The Hall–Kier alpha value is -1.06. The minimum absolute atomic E-state index is 0.0367. The summed E-state index contributed by atoms with van der Waals surface area (Å²) in [6.45, 7) is 3.22. The van der Waals surface area contributed by atoms with Gasteiger partial charge in [-0.3, -0.25) is 0 Å². The monoisotopic (exact) mass is 235 g/mol. The lowest BCUT2D eigenvalue weighted by atomic mass is 10.0. The van der Waals surface area contributed by atoms with E-state index >= 15 is 0 Å². The highest BCUT2D eigenvalue weighted by molar-refractivity contribution is 5.35. The molecule has 1 aromatic rings. The van der Waals surface area contributed by atoms with Gasteiger partial charge in [-0.05, 0) is 31.2 Å². The van der Waals surface area contributed by atoms with Gasteiger partial charge >= 0.3 is 0 Å². The van der Waals surface area contributed by atoms with E-state index in [0.717, 1.165) is 30.3 Å². The summed E-state index contributed by atoms with van der Waals surface area (Å²) in [5.41, 5.74) is 7.10. The molecule has 2 N–H and O–H groups in total. The molecule has 94 valence electrons. The third-order valence-corrected chi connectivity index (χ3v) is 3.11. The van der Waals surface area contributed by atoms with Crippen molar-refractivity contribution in [3.05, 3.63) is 29.8 Å². The zero-order valence-corrected chi connectivity index (χ0v) is 10.4. The molecule has 0 aromatic heterocycles. The van der Waals surface area contributed by atoms with Crippen molar-refractivity contribution in [2.24, 2.45) is 11.7 Å². The van der Waals surface area contributed by atoms with Crippen LogP contribution in [-0.2, 0) is 4.74 Å². The minimum Gasteiger partial charge on any atom is -0.467 e. The Labute approximate surface area is 103 Å². The average molecular weight is 235 g/mol. The summed E-state index contributed by atoms with van der Waals surface area (Å²) in [6, 6.07) is 7.95. The first-order chi connectivity index (χ1) is 8.31. The largest absolute Gasteiger partial charge is 0.467 e. The van der Waals surface area contributed by atoms with Crippen LogP contribution in [0.2, 0.25) is 0 Å². The van der Waals surface area contributed by atoms with Crippen molar-refractivity contribution in [3.63, 3.8) is 0 Å². The molecule has 1 saturated carbocycles. The second kappa shape index (κ2) is 6.03. The maximum atomic E-state index is 6.04. The molecule has 1 fully saturated rings. The van der Waals surface area contributed by atoms with E-state index < -0.39 is 0 Å². The van der Waals surface area contributed by atoms with Gasteiger partial charge in [-0.25, -0.2) is 0 Å². The molecule has 0 radical (unpaired) electrons. The first-order valence-electron chi connectivity index (χ1n) is 6.36. The second-order valence-electron chi connectivity index (χ2n) is 4.63. The maximum Gasteiger partial charge on any atom is 0.189 e. The summed E-state index contributed by atoms with van der Waals surface area (Å²) in [4.78, 5) is 0. The summed E-state index contributed by atoms with van der Waals surface area (Å²) < 4.78 is 11.1. The molecule has 0 heterocycles. The topological polar surface area (TPSA) is 44.5 Å². The van der Waals surface area contributed by atoms with E-state index in [2.05, 4.69) is 6.92 Å². The zero-order chi connectivity index (χ0) is 12.1. The number of rotatable bonds is 7. The van der Waals surface area contributed by atoms with Crippen molar-refractivity contribution in [1.82, 2.24) is 0 Å². The van der Waals surface area contributed by atoms with Crippen LogP contribution in [0.3, 0.4) is 0 Å². The molecule has 0 bridgehead atoms. The molecule has 0 amide bonds. The number of ether oxygens (including phenoxy) is 2. The molecular weight excluding hydrogens is 214 g/mol. The van der Waals surface area contributed by atoms with Crippen LogP contribution in [0.15, 0.2) is 24.3 Å². The zero-order valence-electron chi connectivity index (χ0n) is 10.4. The summed E-state index contributed by atoms with van der Waals surface area (Å²) in [5, 5.41) is 0. The van der Waals surface area contributed by atoms with Crippen molar-refractivity contribution in [2.75, 3.05) is 13.4 Å². The average Bonchev–Trinajstić information content (AvgIpc) is 3.18. The molecule has 0 spiro atoms. The molecule has 0 aliphatic heterocycles. The molecule has 2 rings (SSSR count). The van der Waals surface area contributed by atoms with E-state index in [4.69, 9.17) is 15.2 Å². The van der Waals surface area contributed by atoms with Gasteiger partial charge in [-0.2, -0.15) is 0 Å². The third-order valence-electron chi connectivity index (χ3n) is 3.11. The van der Waals surface area contributed by atoms with E-state index in [-0.39, 0.29) is 6.04 Å². The Morgan fingerprint density at radius 2 is 2.12 bits per heavy atom. The van der Waals surface area contributed by atoms with Gasteiger partial charge in [0.2, 0.25) is 0 Å². The predicted molar refractivity (Wildman–Crippen MR) is 67.8 cm³/mol. The molecule has 1 aliphatic carbocycles. The SMILES string of the molecule is CC[C@H](N)c1ccccc1OCOCC1CC1. The molecule has 1 atom stereocenters. The quantitative estimate of drug-likeness (QED) is 0.584. The van der Waals surface area contributed by atoms with Gasteiger partial charge in [0.05, 0.1) is 6.61 Å². The highest BCUT2D eigenvalue weighted by Crippen LogP contribution is 2.29. The van der Waals surface area contributed by atoms with E-state index in [1.165, 1.54) is 12.8 Å². The van der Waals surface area contributed by atoms with E-state index in [1.807, 2.05) is 24.3 Å². The van der Waals surface area contributed by atoms with Gasteiger partial charge in [-0.15, -0.1) is 0 Å². The lowest BCUT2D eigenvalue weighted by Crippen LogP contribution is -2.12. The first kappa shape index (κ1) is 12.4. The third kappa shape index (κ3) is 3.72. The molecule has 17 heavy (non-hydrogen) atoms. The number of benzene rings is 1. The van der Waals surface area contributed by atoms with Gasteiger partial charge in [-0.1, -0.05) is 25.1 Å². The van der Waals surface area contributed by atoms with Crippen LogP contribution >= 0.6 is 0 Å². The van der Waals surface area contributed by atoms with Crippen molar-refractivity contribution in [1.29, 1.82) is 0 Å². The maximum absolute atomic E-state index is 6.04. The Morgan fingerprint density at radius 3 is 2.82 bits per heavy atom. The predicted octanol–water partition coefficient (Wildman–Crippen LogP) is 2.86. The summed E-state index contributed by atoms with van der Waals surface area (Å²) >= 11 is 0. The molecule has 3 nitrogen and oxygen atoms in total. The van der Waals surface area contributed by atoms with Gasteiger partial charge in [0, 0.05) is 11.6 Å². The highest BCUT2D eigenvalue weighted by Gasteiger charge is 2.21. The van der Waals surface area contributed by atoms with Crippen molar-refractivity contribution < 1.29 is 9.47 Å². The summed E-state index contributed by atoms with van der Waals surface area (Å²) in [6.07, 6.45) is 3.51. The van der Waals surface area contributed by atoms with Gasteiger partial charge in [0.1, 0.15) is 5.75 Å². The van der Waals surface area contributed by atoms with E-state index in [9.17, 15) is 0 Å². The Morgan fingerprint density at radius 1 is 1.35 bits per heavy atom. The van der Waals surface area contributed by atoms with Crippen molar-refractivity contribution >= 4 is 0 Å². The van der Waals surface area contributed by atoms with Crippen LogP contribution < -0.4 is 10.5 Å². The summed E-state index contributed by atoms with van der Waals surface area (Å²) in [5.74, 6) is 1.62. The number of hydrogen-bond donors (Lipinski definition) is 1. The summed E-state index contributed by atoms with van der Waals surface area (Å²) in [7, 11) is 0. The molecule has 1 aromatic carbocycles. The standard InChI is InChI=1S/C14H21NO2/c1-2-13(15)12-5-3-4-6-14(12)17-10-16-9-11-7-8-11/h3-6,11,13H,2,7-10,15H2,1H3/t13-/m0/s1. The minimum atomic E-state index is 0.0367. The normalized spacial score (nSPS) is 16.8. The smallest absolute Gasteiger partial charge is 0.189 e. The van der Waals surface area contributed by atoms with E-state index in [1.54, 1.807) is 0 Å². The molecular formula is C14H21NO2.